The van der Waals surface area contributed by atoms with E-state index < -0.39 is 0 Å². The highest BCUT2D eigenvalue weighted by Crippen LogP contribution is 2.22. The van der Waals surface area contributed by atoms with E-state index in [2.05, 4.69) is 43.3 Å². The van der Waals surface area contributed by atoms with Gasteiger partial charge in [0.25, 0.3) is 0 Å². The second kappa shape index (κ2) is 10.8. The molecule has 1 aromatic heterocycles. The van der Waals surface area contributed by atoms with Crippen molar-refractivity contribution >= 4 is 0 Å². The van der Waals surface area contributed by atoms with Crippen LogP contribution in [0.4, 0.5) is 0 Å². The molecule has 2 nitrogen and oxygen atoms in total. The van der Waals surface area contributed by atoms with Crippen molar-refractivity contribution in [2.75, 3.05) is 7.05 Å². The molecule has 1 N–H and O–H groups in total. The summed E-state index contributed by atoms with van der Waals surface area (Å²) < 4.78 is 0. The Hall–Kier alpha value is -0.890. The first kappa shape index (κ1) is 17.2. The first-order chi connectivity index (χ1) is 9.79. The van der Waals surface area contributed by atoms with Gasteiger partial charge in [-0.2, -0.15) is 0 Å². The van der Waals surface area contributed by atoms with Crippen LogP contribution in [0.1, 0.15) is 76.7 Å². The molecule has 0 saturated heterocycles. The fourth-order valence-electron chi connectivity index (χ4n) is 2.87. The third kappa shape index (κ3) is 6.51. The quantitative estimate of drug-likeness (QED) is 0.581. The van der Waals surface area contributed by atoms with E-state index in [4.69, 9.17) is 0 Å². The molecule has 20 heavy (non-hydrogen) atoms. The highest BCUT2D eigenvalue weighted by atomic mass is 14.9. The Morgan fingerprint density at radius 3 is 2.20 bits per heavy atom. The van der Waals surface area contributed by atoms with Gasteiger partial charge >= 0.3 is 0 Å². The van der Waals surface area contributed by atoms with Crippen LogP contribution in [-0.4, -0.2) is 18.1 Å². The molecule has 0 fully saturated rings. The summed E-state index contributed by atoms with van der Waals surface area (Å²) in [6, 6.07) is 4.85. The second-order valence-corrected chi connectivity index (χ2v) is 5.87. The topological polar surface area (TPSA) is 24.9 Å². The number of pyridine rings is 1. The maximum Gasteiger partial charge on any atom is 0.0270 e. The molecule has 0 saturated carbocycles. The normalized spacial score (nSPS) is 14.2. The highest BCUT2D eigenvalue weighted by Gasteiger charge is 2.16. The van der Waals surface area contributed by atoms with Crippen molar-refractivity contribution in [3.63, 3.8) is 0 Å². The fourth-order valence-corrected chi connectivity index (χ4v) is 2.87. The summed E-state index contributed by atoms with van der Waals surface area (Å²) in [6.45, 7) is 4.59. The number of rotatable bonds is 11. The molecule has 114 valence electrons. The summed E-state index contributed by atoms with van der Waals surface area (Å²) in [6.07, 6.45) is 14.8. The van der Waals surface area contributed by atoms with Gasteiger partial charge in [0.05, 0.1) is 0 Å². The van der Waals surface area contributed by atoms with Crippen molar-refractivity contribution < 1.29 is 0 Å². The Kier molecular flexibility index (Phi) is 9.31. The number of unbranched alkanes of at least 4 members (excludes halogenated alkanes) is 6. The van der Waals surface area contributed by atoms with Crippen LogP contribution in [0.2, 0.25) is 0 Å². The molecule has 1 rings (SSSR count). The van der Waals surface area contributed by atoms with Gasteiger partial charge in [0.2, 0.25) is 0 Å². The van der Waals surface area contributed by atoms with Crippen molar-refractivity contribution in [2.24, 2.45) is 0 Å². The Morgan fingerprint density at radius 2 is 1.60 bits per heavy atom. The number of hydrogen-bond acceptors (Lipinski definition) is 2. The van der Waals surface area contributed by atoms with E-state index in [1.54, 1.807) is 0 Å². The van der Waals surface area contributed by atoms with Crippen LogP contribution in [0.5, 0.6) is 0 Å². The minimum Gasteiger partial charge on any atom is -0.316 e. The average molecular weight is 276 g/mol. The van der Waals surface area contributed by atoms with Gasteiger partial charge < -0.3 is 5.32 Å². The van der Waals surface area contributed by atoms with E-state index in [9.17, 15) is 0 Å². The van der Waals surface area contributed by atoms with Gasteiger partial charge in [-0.15, -0.1) is 0 Å². The largest absolute Gasteiger partial charge is 0.316 e. The molecule has 1 heterocycles. The maximum absolute atomic E-state index is 4.10. The third-order valence-corrected chi connectivity index (χ3v) is 4.32. The van der Waals surface area contributed by atoms with Crippen LogP contribution in [0, 0.1) is 0 Å². The molecular formula is C18H32N2. The Morgan fingerprint density at radius 1 is 1.00 bits per heavy atom. The smallest absolute Gasteiger partial charge is 0.0270 e. The highest BCUT2D eigenvalue weighted by molar-refractivity contribution is 5.16. The van der Waals surface area contributed by atoms with Crippen molar-refractivity contribution in [1.29, 1.82) is 0 Å². The number of nitrogens with one attached hydrogen (secondary N) is 1. The molecule has 2 atom stereocenters. The summed E-state index contributed by atoms with van der Waals surface area (Å²) in [5, 5.41) is 3.49. The van der Waals surface area contributed by atoms with Gasteiger partial charge in [0.15, 0.2) is 0 Å². The van der Waals surface area contributed by atoms with Crippen molar-refractivity contribution in [3.8, 4) is 0 Å². The lowest BCUT2D eigenvalue weighted by Crippen LogP contribution is -2.30. The number of likely N-dealkylation sites (N-methyl/N-ethyl adjacent to an activating group) is 1. The third-order valence-electron chi connectivity index (χ3n) is 4.32. The molecule has 0 bridgehead atoms. The molecule has 0 aliphatic carbocycles. The number of aromatic nitrogens is 1. The van der Waals surface area contributed by atoms with Gasteiger partial charge in [0, 0.05) is 18.4 Å². The van der Waals surface area contributed by atoms with Gasteiger partial charge in [-0.1, -0.05) is 58.8 Å². The molecule has 2 heteroatoms. The molecule has 0 aliphatic heterocycles. The Balaban J connectivity index is 2.22. The van der Waals surface area contributed by atoms with E-state index in [-0.39, 0.29) is 0 Å². The minimum atomic E-state index is 0.558. The van der Waals surface area contributed by atoms with Gasteiger partial charge in [-0.05, 0) is 37.1 Å². The number of nitrogens with zero attached hydrogens (tertiary/aromatic N) is 1. The average Bonchev–Trinajstić information content (AvgIpc) is 2.50. The van der Waals surface area contributed by atoms with E-state index in [0.717, 1.165) is 0 Å². The fraction of sp³-hybridized carbons (Fsp3) is 0.722. The summed E-state index contributed by atoms with van der Waals surface area (Å²) in [4.78, 5) is 4.10. The van der Waals surface area contributed by atoms with E-state index in [0.29, 0.717) is 12.0 Å². The van der Waals surface area contributed by atoms with Crippen molar-refractivity contribution in [1.82, 2.24) is 10.3 Å². The molecule has 0 aromatic carbocycles. The molecule has 0 radical (unpaired) electrons. The van der Waals surface area contributed by atoms with Crippen LogP contribution in [0.15, 0.2) is 24.5 Å². The minimum absolute atomic E-state index is 0.558. The molecule has 2 unspecified atom stereocenters. The van der Waals surface area contributed by atoms with Crippen LogP contribution >= 0.6 is 0 Å². The molecule has 0 aliphatic rings. The monoisotopic (exact) mass is 276 g/mol. The predicted molar refractivity (Wildman–Crippen MR) is 88.1 cm³/mol. The summed E-state index contributed by atoms with van der Waals surface area (Å²) >= 11 is 0. The van der Waals surface area contributed by atoms with Crippen molar-refractivity contribution in [2.45, 2.75) is 77.2 Å². The zero-order valence-corrected chi connectivity index (χ0v) is 13.6. The lowest BCUT2D eigenvalue weighted by atomic mass is 9.90. The molecular weight excluding hydrogens is 244 g/mol. The summed E-state index contributed by atoms with van der Waals surface area (Å²) in [5.41, 5.74) is 1.39. The SMILES string of the molecule is CCCCCCCCCC(NC)C(C)c1ccncc1. The zero-order valence-electron chi connectivity index (χ0n) is 13.6. The Bertz CT molecular complexity index is 323. The maximum atomic E-state index is 4.10. The van der Waals surface area contributed by atoms with Gasteiger partial charge in [-0.3, -0.25) is 4.98 Å². The molecule has 0 amide bonds. The molecule has 1 aromatic rings. The van der Waals surface area contributed by atoms with E-state index >= 15 is 0 Å². The van der Waals surface area contributed by atoms with Crippen LogP contribution in [0.3, 0.4) is 0 Å². The first-order valence-electron chi connectivity index (χ1n) is 8.36. The predicted octanol–water partition coefficient (Wildman–Crippen LogP) is 4.91. The summed E-state index contributed by atoms with van der Waals surface area (Å²) in [5.74, 6) is 0.558. The van der Waals surface area contributed by atoms with Crippen LogP contribution < -0.4 is 5.32 Å². The Labute approximate surface area is 125 Å². The van der Waals surface area contributed by atoms with E-state index in [1.807, 2.05) is 12.4 Å². The van der Waals surface area contributed by atoms with Gasteiger partial charge in [0.1, 0.15) is 0 Å². The lowest BCUT2D eigenvalue weighted by Gasteiger charge is -2.24. The number of hydrogen-bond donors (Lipinski definition) is 1. The summed E-state index contributed by atoms with van der Waals surface area (Å²) in [7, 11) is 2.09. The van der Waals surface area contributed by atoms with E-state index in [1.165, 1.54) is 56.9 Å². The first-order valence-corrected chi connectivity index (χ1v) is 8.36. The standard InChI is InChI=1S/C18H32N2/c1-4-5-6-7-8-9-10-11-18(19-3)16(2)17-12-14-20-15-13-17/h12-16,18-19H,4-11H2,1-3H3. The van der Waals surface area contributed by atoms with Crippen LogP contribution in [-0.2, 0) is 0 Å². The molecule has 0 spiro atoms. The van der Waals surface area contributed by atoms with Gasteiger partial charge in [-0.25, -0.2) is 0 Å². The van der Waals surface area contributed by atoms with Crippen molar-refractivity contribution in [3.05, 3.63) is 30.1 Å². The second-order valence-electron chi connectivity index (χ2n) is 5.87. The lowest BCUT2D eigenvalue weighted by molar-refractivity contribution is 0.430. The zero-order chi connectivity index (χ0) is 14.6. The van der Waals surface area contributed by atoms with Crippen LogP contribution in [0.25, 0.3) is 0 Å².